The van der Waals surface area contributed by atoms with E-state index in [1.165, 1.54) is 11.3 Å². The fourth-order valence-corrected chi connectivity index (χ4v) is 3.71. The van der Waals surface area contributed by atoms with Gasteiger partial charge in [0.05, 0.1) is 0 Å². The number of hydrogen-bond acceptors (Lipinski definition) is 7. The van der Waals surface area contributed by atoms with Crippen LogP contribution in [-0.4, -0.2) is 72.2 Å². The van der Waals surface area contributed by atoms with Crippen molar-refractivity contribution >= 4 is 50.1 Å². The summed E-state index contributed by atoms with van der Waals surface area (Å²) in [5, 5.41) is 15.5. The Bertz CT molecular complexity index is 714. The van der Waals surface area contributed by atoms with E-state index in [-0.39, 0.29) is 5.91 Å². The molecule has 1 aromatic heterocycles. The number of nitrogens with zero attached hydrogens (tertiary/aromatic N) is 4. The molecule has 0 unspecified atom stereocenters. The quantitative estimate of drug-likeness (QED) is 0.463. The molecule has 7 nitrogen and oxygen atoms in total. The van der Waals surface area contributed by atoms with Crippen molar-refractivity contribution < 1.29 is 4.79 Å². The van der Waals surface area contributed by atoms with Gasteiger partial charge in [0.25, 0.3) is 5.91 Å². The minimum absolute atomic E-state index is 0.167. The first-order valence-corrected chi connectivity index (χ1v) is 10.5. The van der Waals surface area contributed by atoms with E-state index in [9.17, 15) is 4.79 Å². The van der Waals surface area contributed by atoms with Crippen LogP contribution in [0, 0.1) is 3.57 Å². The maximum absolute atomic E-state index is 12.2. The van der Waals surface area contributed by atoms with Crippen molar-refractivity contribution in [3.63, 3.8) is 0 Å². The minimum atomic E-state index is -0.167. The summed E-state index contributed by atoms with van der Waals surface area (Å²) < 4.78 is 1.10. The van der Waals surface area contributed by atoms with Crippen LogP contribution in [0.3, 0.4) is 0 Å². The van der Waals surface area contributed by atoms with E-state index in [0.717, 1.165) is 54.4 Å². The summed E-state index contributed by atoms with van der Waals surface area (Å²) in [6.07, 6.45) is 1.06. The van der Waals surface area contributed by atoms with Gasteiger partial charge in [0.15, 0.2) is 0 Å². The van der Waals surface area contributed by atoms with Gasteiger partial charge in [0.2, 0.25) is 10.3 Å². The molecule has 2 N–H and O–H groups in total. The second-order valence-corrected chi connectivity index (χ2v) is 8.52. The zero-order chi connectivity index (χ0) is 18.4. The first-order valence-electron chi connectivity index (χ1n) is 8.65. The molecule has 0 spiro atoms. The lowest BCUT2D eigenvalue weighted by Gasteiger charge is -2.32. The third-order valence-electron chi connectivity index (χ3n) is 4.28. The number of benzene rings is 1. The highest BCUT2D eigenvalue weighted by Crippen LogP contribution is 2.20. The first-order chi connectivity index (χ1) is 12.6. The van der Waals surface area contributed by atoms with Crippen LogP contribution in [0.25, 0.3) is 0 Å². The molecule has 0 bridgehead atoms. The van der Waals surface area contributed by atoms with Crippen molar-refractivity contribution in [2.24, 2.45) is 0 Å². The molecule has 0 radical (unpaired) electrons. The van der Waals surface area contributed by atoms with Crippen LogP contribution in [0.1, 0.15) is 16.8 Å². The van der Waals surface area contributed by atoms with Crippen LogP contribution in [0.4, 0.5) is 10.3 Å². The van der Waals surface area contributed by atoms with Crippen LogP contribution >= 0.6 is 33.9 Å². The zero-order valence-corrected chi connectivity index (χ0v) is 17.7. The average molecular weight is 486 g/mol. The standard InChI is InChI=1S/C17H23IN6OS/c1-23-9-11-24(12-10-23)8-2-7-19-16-21-22-17(26-16)20-15(25)13-3-5-14(18)6-4-13/h3-6H,2,7-12H2,1H3,(H,19,21)(H,20,22,25). The topological polar surface area (TPSA) is 73.4 Å². The molecule has 26 heavy (non-hydrogen) atoms. The summed E-state index contributed by atoms with van der Waals surface area (Å²) in [4.78, 5) is 17.0. The Labute approximate surface area is 171 Å². The number of aromatic nitrogens is 2. The molecule has 1 aliphatic heterocycles. The smallest absolute Gasteiger partial charge is 0.257 e. The lowest BCUT2D eigenvalue weighted by molar-refractivity contribution is 0.102. The monoisotopic (exact) mass is 486 g/mol. The number of carbonyl (C=O) groups is 1. The van der Waals surface area contributed by atoms with Crippen molar-refractivity contribution in [3.05, 3.63) is 33.4 Å². The van der Waals surface area contributed by atoms with Crippen molar-refractivity contribution in [1.29, 1.82) is 0 Å². The summed E-state index contributed by atoms with van der Waals surface area (Å²) in [6, 6.07) is 7.41. The number of likely N-dealkylation sites (N-methyl/N-ethyl adjacent to an activating group) is 1. The summed E-state index contributed by atoms with van der Waals surface area (Å²) in [6.45, 7) is 6.52. The number of anilines is 2. The van der Waals surface area contributed by atoms with E-state index in [4.69, 9.17) is 0 Å². The molecule has 1 fully saturated rings. The van der Waals surface area contributed by atoms with Crippen LogP contribution in [0.15, 0.2) is 24.3 Å². The molecule has 140 valence electrons. The second kappa shape index (κ2) is 9.58. The fraction of sp³-hybridized carbons (Fsp3) is 0.471. The Kier molecular flexibility index (Phi) is 7.17. The van der Waals surface area contributed by atoms with Gasteiger partial charge in [-0.1, -0.05) is 11.3 Å². The molecule has 0 atom stereocenters. The molecule has 0 saturated carbocycles. The Morgan fingerprint density at radius 2 is 1.85 bits per heavy atom. The van der Waals surface area contributed by atoms with E-state index in [2.05, 4.69) is 60.3 Å². The maximum atomic E-state index is 12.2. The molecule has 1 amide bonds. The summed E-state index contributed by atoms with van der Waals surface area (Å²) in [5.41, 5.74) is 0.613. The van der Waals surface area contributed by atoms with E-state index in [1.54, 1.807) is 12.1 Å². The van der Waals surface area contributed by atoms with Crippen LogP contribution in [0.2, 0.25) is 0 Å². The number of carbonyl (C=O) groups excluding carboxylic acids is 1. The molecule has 3 rings (SSSR count). The van der Waals surface area contributed by atoms with E-state index < -0.39 is 0 Å². The number of halogens is 1. The SMILES string of the molecule is CN1CCN(CCCNc2nnc(NC(=O)c3ccc(I)cc3)s2)CC1. The molecule has 1 saturated heterocycles. The Morgan fingerprint density at radius 3 is 2.58 bits per heavy atom. The average Bonchev–Trinajstić information content (AvgIpc) is 3.08. The summed E-state index contributed by atoms with van der Waals surface area (Å²) in [5.74, 6) is -0.167. The number of nitrogens with one attached hydrogen (secondary N) is 2. The predicted octanol–water partition coefficient (Wildman–Crippen LogP) is 2.44. The molecular weight excluding hydrogens is 463 g/mol. The molecule has 2 aromatic rings. The molecule has 2 heterocycles. The zero-order valence-electron chi connectivity index (χ0n) is 14.7. The van der Waals surface area contributed by atoms with Crippen LogP contribution < -0.4 is 10.6 Å². The van der Waals surface area contributed by atoms with Crippen LogP contribution in [0.5, 0.6) is 0 Å². The lowest BCUT2D eigenvalue weighted by Crippen LogP contribution is -2.44. The summed E-state index contributed by atoms with van der Waals surface area (Å²) in [7, 11) is 2.17. The van der Waals surface area contributed by atoms with Gasteiger partial charge in [-0.2, -0.15) is 0 Å². The van der Waals surface area contributed by atoms with Gasteiger partial charge in [-0.15, -0.1) is 10.2 Å². The predicted molar refractivity (Wildman–Crippen MR) is 114 cm³/mol. The van der Waals surface area contributed by atoms with Crippen molar-refractivity contribution in [3.8, 4) is 0 Å². The van der Waals surface area contributed by atoms with Gasteiger partial charge < -0.3 is 15.1 Å². The third-order valence-corrected chi connectivity index (χ3v) is 5.79. The van der Waals surface area contributed by atoms with Gasteiger partial charge in [0.1, 0.15) is 0 Å². The van der Waals surface area contributed by atoms with Crippen LogP contribution in [-0.2, 0) is 0 Å². The number of rotatable bonds is 7. The van der Waals surface area contributed by atoms with E-state index in [0.29, 0.717) is 10.7 Å². The summed E-state index contributed by atoms with van der Waals surface area (Å²) >= 11 is 3.57. The Balaban J connectivity index is 1.39. The van der Waals surface area contributed by atoms with Gasteiger partial charge in [-0.25, -0.2) is 0 Å². The minimum Gasteiger partial charge on any atom is -0.360 e. The number of hydrogen-bond donors (Lipinski definition) is 2. The maximum Gasteiger partial charge on any atom is 0.257 e. The fourth-order valence-electron chi connectivity index (χ4n) is 2.69. The number of amides is 1. The third kappa shape index (κ3) is 5.86. The molecule has 0 aliphatic carbocycles. The highest BCUT2D eigenvalue weighted by atomic mass is 127. The largest absolute Gasteiger partial charge is 0.360 e. The van der Waals surface area contributed by atoms with Gasteiger partial charge in [0, 0.05) is 41.9 Å². The second-order valence-electron chi connectivity index (χ2n) is 6.30. The Hall–Kier alpha value is -1.30. The highest BCUT2D eigenvalue weighted by Gasteiger charge is 2.13. The molecular formula is C17H23IN6OS. The van der Waals surface area contributed by atoms with Crippen molar-refractivity contribution in [2.75, 3.05) is 56.9 Å². The molecule has 9 heteroatoms. The normalized spacial score (nSPS) is 15.8. The lowest BCUT2D eigenvalue weighted by atomic mass is 10.2. The highest BCUT2D eigenvalue weighted by molar-refractivity contribution is 14.1. The van der Waals surface area contributed by atoms with Gasteiger partial charge in [-0.05, 0) is 66.9 Å². The van der Waals surface area contributed by atoms with Gasteiger partial charge in [-0.3, -0.25) is 10.1 Å². The van der Waals surface area contributed by atoms with Crippen molar-refractivity contribution in [2.45, 2.75) is 6.42 Å². The van der Waals surface area contributed by atoms with E-state index in [1.807, 2.05) is 12.1 Å². The molecule has 1 aliphatic rings. The van der Waals surface area contributed by atoms with E-state index >= 15 is 0 Å². The first kappa shape index (κ1) is 19.5. The Morgan fingerprint density at radius 1 is 1.15 bits per heavy atom. The van der Waals surface area contributed by atoms with Crippen molar-refractivity contribution in [1.82, 2.24) is 20.0 Å². The molecule has 1 aromatic carbocycles. The van der Waals surface area contributed by atoms with Gasteiger partial charge >= 0.3 is 0 Å². The number of piperazine rings is 1.